The van der Waals surface area contributed by atoms with Crippen LogP contribution in [0.25, 0.3) is 11.2 Å². The van der Waals surface area contributed by atoms with Gasteiger partial charge in [-0.15, -0.1) is 0 Å². The number of likely N-dealkylation sites (tertiary alicyclic amines) is 1. The molecular weight excluding hydrogens is 444 g/mol. The molecule has 1 aliphatic heterocycles. The van der Waals surface area contributed by atoms with E-state index in [9.17, 15) is 18.7 Å². The first-order valence-corrected chi connectivity index (χ1v) is 12.4. The minimum absolute atomic E-state index is 0.0364. The summed E-state index contributed by atoms with van der Waals surface area (Å²) >= 11 is 0. The first-order valence-electron chi connectivity index (χ1n) is 8.83. The quantitative estimate of drug-likeness (QED) is 0.287. The number of aromatic nitrogens is 4. The molecule has 0 unspecified atom stereocenters. The van der Waals surface area contributed by atoms with Gasteiger partial charge >= 0.3 is 15.2 Å². The topological polar surface area (TPSA) is 208 Å². The number of nitrogens with zero attached hydrogens (tertiary/aromatic N) is 4. The van der Waals surface area contributed by atoms with Crippen LogP contribution in [0.4, 0.5) is 0 Å². The van der Waals surface area contributed by atoms with Crippen molar-refractivity contribution in [2.45, 2.75) is 18.6 Å². The molecule has 0 radical (unpaired) electrons. The van der Waals surface area contributed by atoms with E-state index in [0.29, 0.717) is 0 Å². The third-order valence-electron chi connectivity index (χ3n) is 4.64. The summed E-state index contributed by atoms with van der Waals surface area (Å²) in [6, 6.07) is -0.569. The number of rotatable bonds is 8. The van der Waals surface area contributed by atoms with Crippen LogP contribution in [0.3, 0.4) is 0 Å². The van der Waals surface area contributed by atoms with E-state index in [4.69, 9.17) is 24.3 Å². The van der Waals surface area contributed by atoms with E-state index in [2.05, 4.69) is 15.0 Å². The van der Waals surface area contributed by atoms with Crippen molar-refractivity contribution in [3.8, 4) is 0 Å². The molecule has 0 aliphatic carbocycles. The first kappa shape index (κ1) is 22.8. The highest BCUT2D eigenvalue weighted by molar-refractivity contribution is 7.52. The van der Waals surface area contributed by atoms with Crippen molar-refractivity contribution >= 4 is 32.3 Å². The number of nitrogens with one attached hydrogen (secondary N) is 1. The molecule has 3 rings (SSSR count). The number of fused-ring (bicyclic) bond motifs is 1. The second kappa shape index (κ2) is 8.67. The Labute approximate surface area is 169 Å². The molecule has 1 aliphatic rings. The van der Waals surface area contributed by atoms with Gasteiger partial charge in [-0.05, 0) is 0 Å². The molecule has 5 N–H and O–H groups in total. The lowest BCUT2D eigenvalue weighted by Gasteiger charge is -2.20. The molecule has 2 aromatic rings. The largest absolute Gasteiger partial charge is 0.373 e. The molecule has 0 spiro atoms. The fourth-order valence-electron chi connectivity index (χ4n) is 3.22. The Kier molecular flexibility index (Phi) is 6.58. The lowest BCUT2D eigenvalue weighted by atomic mass is 10.2. The lowest BCUT2D eigenvalue weighted by molar-refractivity contribution is -0.130. The van der Waals surface area contributed by atoms with Crippen molar-refractivity contribution in [1.29, 1.82) is 0 Å². The normalized spacial score (nSPS) is 20.2. The van der Waals surface area contributed by atoms with E-state index in [1.54, 1.807) is 4.57 Å². The molecule has 2 aromatic heterocycles. The average Bonchev–Trinajstić information content (AvgIpc) is 3.23. The number of amides is 1. The van der Waals surface area contributed by atoms with Gasteiger partial charge in [0.1, 0.15) is 0 Å². The van der Waals surface area contributed by atoms with Gasteiger partial charge in [-0.3, -0.25) is 18.7 Å². The maximum atomic E-state index is 12.4. The number of carbonyl (C=O) groups is 1. The van der Waals surface area contributed by atoms with Gasteiger partial charge in [-0.2, -0.15) is 0 Å². The summed E-state index contributed by atoms with van der Waals surface area (Å²) < 4.78 is 29.3. The zero-order valence-electron chi connectivity index (χ0n) is 15.6. The standard InChI is InChI=1S/C14H21N5O9P2/c20-11(1-3-29(22,23)24)18-5-9(10(6-18)28-2-4-30(25,26)27)19-8-17-12-13(19)15-7-16-14(12)21/h7-10H,1-6H2,(H,15,16,21)(H2,22,23,24)(H2,25,26,27)/t9-,10-/m1/s1. The average molecular weight is 465 g/mol. The summed E-state index contributed by atoms with van der Waals surface area (Å²) in [5.74, 6) is -0.500. The highest BCUT2D eigenvalue weighted by Crippen LogP contribution is 2.36. The molecule has 3 heterocycles. The molecule has 0 bridgehead atoms. The van der Waals surface area contributed by atoms with Crippen molar-refractivity contribution < 1.29 is 38.2 Å². The van der Waals surface area contributed by atoms with Crippen molar-refractivity contribution in [3.63, 3.8) is 0 Å². The Bertz CT molecular complexity index is 1070. The third kappa shape index (κ3) is 5.61. The second-order valence-electron chi connectivity index (χ2n) is 6.86. The van der Waals surface area contributed by atoms with Crippen molar-refractivity contribution in [2.24, 2.45) is 0 Å². The summed E-state index contributed by atoms with van der Waals surface area (Å²) in [6.45, 7) is -0.147. The van der Waals surface area contributed by atoms with Crippen LogP contribution in [-0.4, -0.2) is 88.0 Å². The Morgan fingerprint density at radius 2 is 1.87 bits per heavy atom. The van der Waals surface area contributed by atoms with Crippen LogP contribution in [0.1, 0.15) is 12.5 Å². The molecule has 1 amide bonds. The van der Waals surface area contributed by atoms with E-state index in [1.165, 1.54) is 17.6 Å². The Balaban J connectivity index is 1.82. The van der Waals surface area contributed by atoms with Gasteiger partial charge in [0.05, 0.1) is 43.7 Å². The van der Waals surface area contributed by atoms with Gasteiger partial charge in [0.25, 0.3) is 5.56 Å². The molecule has 0 saturated carbocycles. The molecule has 2 atom stereocenters. The number of ether oxygens (including phenoxy) is 1. The third-order valence-corrected chi connectivity index (χ3v) is 6.21. The summed E-state index contributed by atoms with van der Waals surface area (Å²) in [6.07, 6.45) is 0.390. The highest BCUT2D eigenvalue weighted by Gasteiger charge is 2.38. The second-order valence-corrected chi connectivity index (χ2v) is 10.4. The number of hydrogen-bond acceptors (Lipinski definition) is 7. The highest BCUT2D eigenvalue weighted by atomic mass is 31.2. The predicted octanol–water partition coefficient (Wildman–Crippen LogP) is -1.37. The molecule has 1 saturated heterocycles. The maximum Gasteiger partial charge on any atom is 0.327 e. The van der Waals surface area contributed by atoms with E-state index in [1.807, 2.05) is 0 Å². The minimum Gasteiger partial charge on any atom is -0.373 e. The molecule has 0 aromatic carbocycles. The number of carbonyl (C=O) groups excluding carboxylic acids is 1. The first-order chi connectivity index (χ1) is 13.9. The monoisotopic (exact) mass is 465 g/mol. The fraction of sp³-hybridized carbons (Fsp3) is 0.571. The van der Waals surface area contributed by atoms with Gasteiger partial charge in [-0.1, -0.05) is 0 Å². The van der Waals surface area contributed by atoms with Gasteiger partial charge < -0.3 is 38.8 Å². The van der Waals surface area contributed by atoms with Crippen LogP contribution in [0.5, 0.6) is 0 Å². The van der Waals surface area contributed by atoms with Crippen LogP contribution < -0.4 is 5.56 Å². The summed E-state index contributed by atoms with van der Waals surface area (Å²) in [5.41, 5.74) is -0.125. The molecular formula is C14H21N5O9P2. The molecule has 14 nitrogen and oxygen atoms in total. The van der Waals surface area contributed by atoms with Crippen molar-refractivity contribution in [1.82, 2.24) is 24.4 Å². The van der Waals surface area contributed by atoms with Gasteiger partial charge in [0.15, 0.2) is 11.2 Å². The summed E-state index contributed by atoms with van der Waals surface area (Å²) in [5, 5.41) is 0. The van der Waals surface area contributed by atoms with Crippen LogP contribution in [-0.2, 0) is 18.7 Å². The fourth-order valence-corrected chi connectivity index (χ4v) is 4.05. The number of aromatic amines is 1. The molecule has 1 fully saturated rings. The Hall–Kier alpha value is -1.92. The number of H-pyrrole nitrogens is 1. The van der Waals surface area contributed by atoms with E-state index >= 15 is 0 Å². The van der Waals surface area contributed by atoms with Crippen LogP contribution in [0.2, 0.25) is 0 Å². The predicted molar refractivity (Wildman–Crippen MR) is 102 cm³/mol. The number of imidazole rings is 1. The SMILES string of the molecule is O=C(CCP(=O)(O)O)N1C[C@@H](n2cnc3c(=O)[nH]cnc32)[C@H](OCCP(=O)(O)O)C1. The minimum atomic E-state index is -4.34. The zero-order chi connectivity index (χ0) is 22.1. The van der Waals surface area contributed by atoms with Crippen LogP contribution in [0, 0.1) is 0 Å². The van der Waals surface area contributed by atoms with Gasteiger partial charge in [0.2, 0.25) is 5.91 Å². The van der Waals surface area contributed by atoms with E-state index in [-0.39, 0.29) is 37.3 Å². The zero-order valence-corrected chi connectivity index (χ0v) is 17.4. The van der Waals surface area contributed by atoms with Crippen molar-refractivity contribution in [3.05, 3.63) is 23.0 Å². The van der Waals surface area contributed by atoms with Gasteiger partial charge in [0, 0.05) is 19.5 Å². The maximum absolute atomic E-state index is 12.4. The van der Waals surface area contributed by atoms with E-state index in [0.717, 1.165) is 0 Å². The van der Waals surface area contributed by atoms with Crippen LogP contribution >= 0.6 is 15.2 Å². The number of hydrogen-bond donors (Lipinski definition) is 5. The molecule has 166 valence electrons. The van der Waals surface area contributed by atoms with Crippen LogP contribution in [0.15, 0.2) is 17.4 Å². The summed E-state index contributed by atoms with van der Waals surface area (Å²) in [7, 11) is -8.62. The Morgan fingerprint density at radius 3 is 2.53 bits per heavy atom. The molecule has 16 heteroatoms. The molecule has 30 heavy (non-hydrogen) atoms. The van der Waals surface area contributed by atoms with Gasteiger partial charge in [-0.25, -0.2) is 9.97 Å². The van der Waals surface area contributed by atoms with E-state index < -0.39 is 51.1 Å². The van der Waals surface area contributed by atoms with Crippen molar-refractivity contribution in [2.75, 3.05) is 32.0 Å². The lowest BCUT2D eigenvalue weighted by Crippen LogP contribution is -2.30. The smallest absolute Gasteiger partial charge is 0.327 e. The summed E-state index contributed by atoms with van der Waals surface area (Å²) in [4.78, 5) is 72.2. The Morgan fingerprint density at radius 1 is 1.17 bits per heavy atom.